The van der Waals surface area contributed by atoms with Crippen LogP contribution in [0.2, 0.25) is 0 Å². The molecule has 2 unspecified atom stereocenters. The summed E-state index contributed by atoms with van der Waals surface area (Å²) in [5, 5.41) is 0. The van der Waals surface area contributed by atoms with Crippen LogP contribution in [-0.4, -0.2) is 24.0 Å². The third kappa shape index (κ3) is 3.81. The summed E-state index contributed by atoms with van der Waals surface area (Å²) in [5.41, 5.74) is 8.69. The molecule has 2 heterocycles. The molecule has 0 spiro atoms. The van der Waals surface area contributed by atoms with Gasteiger partial charge in [-0.2, -0.15) is 0 Å². The highest BCUT2D eigenvalue weighted by atomic mass is 19.2. The van der Waals surface area contributed by atoms with Gasteiger partial charge in [0.1, 0.15) is 0 Å². The predicted molar refractivity (Wildman–Crippen MR) is 117 cm³/mol. The average molecular weight is 394 g/mol. The lowest BCUT2D eigenvalue weighted by molar-refractivity contribution is 0.261. The minimum absolute atomic E-state index is 0.473. The lowest BCUT2D eigenvalue weighted by atomic mass is 9.84. The molecular weight excluding hydrogens is 364 g/mol. The van der Waals surface area contributed by atoms with Crippen LogP contribution >= 0.6 is 0 Å². The van der Waals surface area contributed by atoms with Crippen LogP contribution in [0.4, 0.5) is 8.78 Å². The van der Waals surface area contributed by atoms with Crippen LogP contribution in [0.1, 0.15) is 54.9 Å². The van der Waals surface area contributed by atoms with Gasteiger partial charge in [-0.1, -0.05) is 41.5 Å². The summed E-state index contributed by atoms with van der Waals surface area (Å²) in [6.07, 6.45) is 6.56. The van der Waals surface area contributed by atoms with E-state index >= 15 is 0 Å². The molecule has 29 heavy (non-hydrogen) atoms. The van der Waals surface area contributed by atoms with E-state index in [-0.39, 0.29) is 0 Å². The topological polar surface area (TPSA) is 3.24 Å². The molecule has 1 saturated heterocycles. The van der Waals surface area contributed by atoms with Gasteiger partial charge in [0.15, 0.2) is 11.6 Å². The van der Waals surface area contributed by atoms with Crippen LogP contribution in [-0.2, 0) is 0 Å². The Morgan fingerprint density at radius 1 is 1.07 bits per heavy atom. The fourth-order valence-corrected chi connectivity index (χ4v) is 4.96. The fourth-order valence-electron chi connectivity index (χ4n) is 4.96. The highest BCUT2D eigenvalue weighted by Gasteiger charge is 2.39. The molecule has 2 aliphatic rings. The summed E-state index contributed by atoms with van der Waals surface area (Å²) in [6.45, 7) is 6.33. The Labute approximate surface area is 172 Å². The number of likely N-dealkylation sites (N-methyl/N-ethyl adjacent to an activating group) is 1. The first-order valence-corrected chi connectivity index (χ1v) is 10.5. The first-order chi connectivity index (χ1) is 13.8. The summed E-state index contributed by atoms with van der Waals surface area (Å²) >= 11 is 0. The van der Waals surface area contributed by atoms with Gasteiger partial charge < -0.3 is 0 Å². The van der Waals surface area contributed by atoms with Gasteiger partial charge in [-0.05, 0) is 93.5 Å². The van der Waals surface area contributed by atoms with Gasteiger partial charge in [-0.3, -0.25) is 4.90 Å². The summed E-state index contributed by atoms with van der Waals surface area (Å²) < 4.78 is 26.9. The van der Waals surface area contributed by atoms with Crippen LogP contribution in [0.3, 0.4) is 0 Å². The van der Waals surface area contributed by atoms with Crippen molar-refractivity contribution in [1.29, 1.82) is 0 Å². The molecule has 2 bridgehead atoms. The number of hydrogen-bond acceptors (Lipinski definition) is 1. The summed E-state index contributed by atoms with van der Waals surface area (Å²) in [5.74, 6) is -1.59. The first-order valence-electron chi connectivity index (χ1n) is 10.5. The molecule has 1 fully saturated rings. The highest BCUT2D eigenvalue weighted by Crippen LogP contribution is 2.44. The van der Waals surface area contributed by atoms with Crippen LogP contribution in [0, 0.1) is 25.5 Å². The van der Waals surface area contributed by atoms with Crippen LogP contribution in [0.25, 0.3) is 11.1 Å². The molecule has 0 aromatic heterocycles. The number of nitrogens with zero attached hydrogens (tertiary/aromatic N) is 1. The minimum Gasteiger partial charge on any atom is -0.296 e. The lowest BCUT2D eigenvalue weighted by Gasteiger charge is -2.36. The quantitative estimate of drug-likeness (QED) is 0.559. The van der Waals surface area contributed by atoms with Gasteiger partial charge in [-0.15, -0.1) is 0 Å². The van der Waals surface area contributed by atoms with E-state index in [9.17, 15) is 8.78 Å². The highest BCUT2D eigenvalue weighted by molar-refractivity contribution is 5.77. The minimum atomic E-state index is -0.798. The van der Waals surface area contributed by atoms with E-state index in [1.54, 1.807) is 6.07 Å². The Balaban J connectivity index is 1.73. The summed E-state index contributed by atoms with van der Waals surface area (Å²) in [7, 11) is 2.26. The van der Waals surface area contributed by atoms with E-state index in [2.05, 4.69) is 50.1 Å². The van der Waals surface area contributed by atoms with Crippen molar-refractivity contribution in [3.8, 4) is 0 Å². The number of fused-ring (bicyclic) bond motifs is 2. The number of allylic oxidation sites excluding steroid dienone is 2. The largest absolute Gasteiger partial charge is 0.296 e. The van der Waals surface area contributed by atoms with Crippen molar-refractivity contribution < 1.29 is 8.78 Å². The third-order valence-corrected chi connectivity index (χ3v) is 6.75. The van der Waals surface area contributed by atoms with Crippen molar-refractivity contribution in [2.75, 3.05) is 7.05 Å². The average Bonchev–Trinajstić information content (AvgIpc) is 2.93. The predicted octanol–water partition coefficient (Wildman–Crippen LogP) is 6.70. The maximum Gasteiger partial charge on any atom is 0.159 e. The second-order valence-electron chi connectivity index (χ2n) is 8.67. The Bertz CT molecular complexity index is 1000. The molecule has 4 rings (SSSR count). The smallest absolute Gasteiger partial charge is 0.159 e. The van der Waals surface area contributed by atoms with Crippen LogP contribution in [0.5, 0.6) is 0 Å². The van der Waals surface area contributed by atoms with Crippen molar-refractivity contribution in [2.45, 2.75) is 58.5 Å². The van der Waals surface area contributed by atoms with Crippen molar-refractivity contribution in [1.82, 2.24) is 4.90 Å². The van der Waals surface area contributed by atoms with E-state index in [1.807, 2.05) is 6.92 Å². The number of aryl methyl sites for hydroxylation is 2. The molecule has 0 amide bonds. The van der Waals surface area contributed by atoms with Crippen molar-refractivity contribution >= 4 is 11.1 Å². The van der Waals surface area contributed by atoms with E-state index in [4.69, 9.17) is 0 Å². The van der Waals surface area contributed by atoms with Gasteiger partial charge >= 0.3 is 0 Å². The second-order valence-corrected chi connectivity index (χ2v) is 8.67. The molecule has 1 nitrogen and oxygen atoms in total. The molecule has 3 heteroatoms. The second kappa shape index (κ2) is 7.87. The molecule has 2 aromatic carbocycles. The monoisotopic (exact) mass is 393 g/mol. The van der Waals surface area contributed by atoms with Gasteiger partial charge in [0.25, 0.3) is 0 Å². The molecule has 152 valence electrons. The number of hydrogen-bond donors (Lipinski definition) is 0. The third-order valence-electron chi connectivity index (χ3n) is 6.75. The van der Waals surface area contributed by atoms with Crippen molar-refractivity contribution in [2.24, 2.45) is 0 Å². The number of benzene rings is 2. The van der Waals surface area contributed by atoms with E-state index < -0.39 is 11.6 Å². The summed E-state index contributed by atoms with van der Waals surface area (Å²) in [4.78, 5) is 2.55. The molecule has 0 N–H and O–H groups in total. The maximum atomic E-state index is 13.6. The van der Waals surface area contributed by atoms with Crippen molar-refractivity contribution in [3.63, 3.8) is 0 Å². The van der Waals surface area contributed by atoms with E-state index in [0.29, 0.717) is 12.1 Å². The Morgan fingerprint density at radius 3 is 2.62 bits per heavy atom. The molecule has 0 aliphatic carbocycles. The molecule has 0 radical (unpaired) electrons. The number of rotatable bonds is 4. The molecule has 0 saturated carbocycles. The van der Waals surface area contributed by atoms with Crippen LogP contribution < -0.4 is 0 Å². The Kier molecular flexibility index (Phi) is 5.44. The van der Waals surface area contributed by atoms with Crippen molar-refractivity contribution in [3.05, 3.63) is 81.9 Å². The molecular formula is C26H29F2N. The van der Waals surface area contributed by atoms with E-state index in [1.165, 1.54) is 52.8 Å². The first kappa shape index (κ1) is 20.0. The van der Waals surface area contributed by atoms with E-state index in [0.717, 1.165) is 24.0 Å². The maximum absolute atomic E-state index is 13.6. The molecule has 2 atom stereocenters. The standard InChI is InChI=1S/C26H29F2N/c1-16-5-6-18(3)22(13-16)26-20(14-21-10-12-25(26)29(21)4)8-7-17(2)19-9-11-23(27)24(28)15-19/h5-7,9,11,13,15,21,25H,8,10,12,14H2,1-4H3/b17-7+. The number of halogens is 2. The van der Waals surface area contributed by atoms with Gasteiger partial charge in [-0.25, -0.2) is 8.78 Å². The van der Waals surface area contributed by atoms with Gasteiger partial charge in [0.2, 0.25) is 0 Å². The Hall–Kier alpha value is -2.26. The summed E-state index contributed by atoms with van der Waals surface area (Å²) in [6, 6.07) is 12.0. The van der Waals surface area contributed by atoms with Gasteiger partial charge in [0, 0.05) is 12.1 Å². The zero-order valence-corrected chi connectivity index (χ0v) is 17.7. The fraction of sp³-hybridized carbons (Fsp3) is 0.385. The molecule has 2 aromatic rings. The molecule has 2 aliphatic heterocycles. The van der Waals surface area contributed by atoms with Crippen LogP contribution in [0.15, 0.2) is 48.0 Å². The zero-order valence-electron chi connectivity index (χ0n) is 17.7. The van der Waals surface area contributed by atoms with Gasteiger partial charge in [0.05, 0.1) is 0 Å². The lowest BCUT2D eigenvalue weighted by Crippen LogP contribution is -2.37. The zero-order chi connectivity index (χ0) is 20.7. The Morgan fingerprint density at radius 2 is 1.86 bits per heavy atom. The normalized spacial score (nSPS) is 22.5. The SMILES string of the molecule is C/C(=C\CC1=C(c2cc(C)ccc2C)C2CCC(C1)N2C)c1ccc(F)c(F)c1.